The van der Waals surface area contributed by atoms with Crippen LogP contribution in [0, 0.1) is 5.41 Å². The predicted molar refractivity (Wildman–Crippen MR) is 82.6 cm³/mol. The van der Waals surface area contributed by atoms with Gasteiger partial charge in [-0.05, 0) is 54.0 Å². The molecule has 0 heterocycles. The lowest BCUT2D eigenvalue weighted by atomic mass is 9.73. The highest BCUT2D eigenvalue weighted by Gasteiger charge is 2.36. The van der Waals surface area contributed by atoms with Crippen LogP contribution in [0.15, 0.2) is 0 Å². The van der Waals surface area contributed by atoms with Gasteiger partial charge in [0.2, 0.25) is 0 Å². The van der Waals surface area contributed by atoms with Gasteiger partial charge in [0.15, 0.2) is 0 Å². The minimum absolute atomic E-state index is 0.0828. The highest BCUT2D eigenvalue weighted by atomic mass is 16.6. The van der Waals surface area contributed by atoms with E-state index in [4.69, 9.17) is 10.5 Å². The molecule has 1 aliphatic carbocycles. The second-order valence-electron chi connectivity index (χ2n) is 7.47. The van der Waals surface area contributed by atoms with Crippen LogP contribution < -0.4 is 5.73 Å². The van der Waals surface area contributed by atoms with Crippen LogP contribution in [-0.4, -0.2) is 35.7 Å². The third-order valence-electron chi connectivity index (χ3n) is 4.10. The summed E-state index contributed by atoms with van der Waals surface area (Å²) in [4.78, 5) is 14.2. The molecule has 1 fully saturated rings. The van der Waals surface area contributed by atoms with Gasteiger partial charge >= 0.3 is 6.09 Å². The molecule has 4 nitrogen and oxygen atoms in total. The number of carbonyl (C=O) groups is 1. The van der Waals surface area contributed by atoms with Crippen LogP contribution in [0.3, 0.4) is 0 Å². The summed E-state index contributed by atoms with van der Waals surface area (Å²) in [5.74, 6) is 0. The van der Waals surface area contributed by atoms with Crippen molar-refractivity contribution in [3.8, 4) is 0 Å². The second kappa shape index (κ2) is 6.79. The van der Waals surface area contributed by atoms with E-state index >= 15 is 0 Å². The number of carbonyl (C=O) groups excluding carboxylic acids is 1. The van der Waals surface area contributed by atoms with Gasteiger partial charge in [0.1, 0.15) is 5.60 Å². The molecule has 0 unspecified atom stereocenters. The smallest absolute Gasteiger partial charge is 0.410 e. The maximum Gasteiger partial charge on any atom is 0.410 e. The first kappa shape index (κ1) is 17.3. The first-order chi connectivity index (χ1) is 9.19. The summed E-state index contributed by atoms with van der Waals surface area (Å²) >= 11 is 0. The molecule has 0 spiro atoms. The zero-order chi connectivity index (χ0) is 15.4. The number of nitrogens with two attached hydrogens (primary N) is 1. The van der Waals surface area contributed by atoms with Crippen molar-refractivity contribution in [1.29, 1.82) is 0 Å². The highest BCUT2D eigenvalue weighted by molar-refractivity contribution is 5.68. The molecule has 0 saturated heterocycles. The molecule has 0 aliphatic heterocycles. The van der Waals surface area contributed by atoms with E-state index in [2.05, 4.69) is 0 Å². The quantitative estimate of drug-likeness (QED) is 0.859. The fraction of sp³-hybridized carbons (Fsp3) is 0.938. The molecule has 0 aromatic carbocycles. The summed E-state index contributed by atoms with van der Waals surface area (Å²) < 4.78 is 5.54. The van der Waals surface area contributed by atoms with Crippen LogP contribution in [0.25, 0.3) is 0 Å². The van der Waals surface area contributed by atoms with E-state index < -0.39 is 5.60 Å². The Morgan fingerprint density at radius 2 is 1.80 bits per heavy atom. The van der Waals surface area contributed by atoms with E-state index in [1.807, 2.05) is 39.5 Å². The van der Waals surface area contributed by atoms with Gasteiger partial charge in [-0.3, -0.25) is 0 Å². The van der Waals surface area contributed by atoms with Crippen LogP contribution in [0.5, 0.6) is 0 Å². The minimum Gasteiger partial charge on any atom is -0.444 e. The largest absolute Gasteiger partial charge is 0.444 e. The third-order valence-corrected chi connectivity index (χ3v) is 4.10. The van der Waals surface area contributed by atoms with Gasteiger partial charge < -0.3 is 15.4 Å². The van der Waals surface area contributed by atoms with E-state index in [0.717, 1.165) is 19.4 Å². The maximum absolute atomic E-state index is 12.4. The van der Waals surface area contributed by atoms with Crippen molar-refractivity contribution in [3.05, 3.63) is 0 Å². The molecule has 1 saturated carbocycles. The Hall–Kier alpha value is -0.770. The first-order valence-electron chi connectivity index (χ1n) is 7.89. The molecular weight excluding hydrogens is 252 g/mol. The average molecular weight is 284 g/mol. The van der Waals surface area contributed by atoms with E-state index in [0.29, 0.717) is 6.54 Å². The van der Waals surface area contributed by atoms with Gasteiger partial charge in [0, 0.05) is 18.0 Å². The summed E-state index contributed by atoms with van der Waals surface area (Å²) in [6, 6.07) is 0.134. The molecule has 1 rings (SSSR count). The van der Waals surface area contributed by atoms with E-state index in [9.17, 15) is 4.79 Å². The minimum atomic E-state index is -0.452. The van der Waals surface area contributed by atoms with E-state index in [1.165, 1.54) is 19.3 Å². The van der Waals surface area contributed by atoms with Gasteiger partial charge in [-0.2, -0.15) is 0 Å². The fourth-order valence-electron chi connectivity index (χ4n) is 2.87. The normalized spacial score (nSPS) is 18.9. The van der Waals surface area contributed by atoms with Crippen LogP contribution in [0.2, 0.25) is 0 Å². The predicted octanol–water partition coefficient (Wildman–Crippen LogP) is 3.54. The van der Waals surface area contributed by atoms with Crippen molar-refractivity contribution in [2.45, 2.75) is 78.4 Å². The Morgan fingerprint density at radius 1 is 1.25 bits per heavy atom. The van der Waals surface area contributed by atoms with Crippen LogP contribution in [-0.2, 0) is 4.74 Å². The zero-order valence-corrected chi connectivity index (χ0v) is 13.9. The SMILES string of the molecule is CC(C)N(CC1(CN)CCCCC1)C(=O)OC(C)(C)C. The standard InChI is InChI=1S/C16H32N2O2/c1-13(2)18(14(19)20-15(3,4)5)12-16(11-17)9-7-6-8-10-16/h13H,6-12,17H2,1-5H3. The Labute approximate surface area is 124 Å². The van der Waals surface area contributed by atoms with E-state index in [1.54, 1.807) is 0 Å². The van der Waals surface area contributed by atoms with Crippen molar-refractivity contribution in [2.24, 2.45) is 11.1 Å². The Balaban J connectivity index is 2.77. The van der Waals surface area contributed by atoms with Crippen LogP contribution >= 0.6 is 0 Å². The first-order valence-corrected chi connectivity index (χ1v) is 7.89. The van der Waals surface area contributed by atoms with Crippen molar-refractivity contribution in [3.63, 3.8) is 0 Å². The lowest BCUT2D eigenvalue weighted by Crippen LogP contribution is -2.50. The van der Waals surface area contributed by atoms with Crippen LogP contribution in [0.1, 0.15) is 66.7 Å². The lowest BCUT2D eigenvalue weighted by molar-refractivity contribution is 0.00454. The third kappa shape index (κ3) is 4.97. The Kier molecular flexibility index (Phi) is 5.87. The molecule has 1 aliphatic rings. The van der Waals surface area contributed by atoms with Crippen LogP contribution in [0.4, 0.5) is 4.79 Å². The van der Waals surface area contributed by atoms with Crippen molar-refractivity contribution >= 4 is 6.09 Å². The molecule has 4 heteroatoms. The summed E-state index contributed by atoms with van der Waals surface area (Å²) in [5, 5.41) is 0. The second-order valence-corrected chi connectivity index (χ2v) is 7.47. The van der Waals surface area contributed by atoms with Gasteiger partial charge in [-0.1, -0.05) is 19.3 Å². The molecule has 0 atom stereocenters. The monoisotopic (exact) mass is 284 g/mol. The van der Waals surface area contributed by atoms with Crippen molar-refractivity contribution in [1.82, 2.24) is 4.90 Å². The zero-order valence-electron chi connectivity index (χ0n) is 13.9. The number of ether oxygens (including phenoxy) is 1. The number of nitrogens with zero attached hydrogens (tertiary/aromatic N) is 1. The van der Waals surface area contributed by atoms with Gasteiger partial charge in [0.25, 0.3) is 0 Å². The average Bonchev–Trinajstić information content (AvgIpc) is 2.34. The number of rotatable bonds is 4. The summed E-state index contributed by atoms with van der Waals surface area (Å²) in [5.41, 5.74) is 5.67. The lowest BCUT2D eigenvalue weighted by Gasteiger charge is -2.42. The molecule has 0 radical (unpaired) electrons. The topological polar surface area (TPSA) is 55.6 Å². The van der Waals surface area contributed by atoms with Crippen molar-refractivity contribution < 1.29 is 9.53 Å². The molecular formula is C16H32N2O2. The summed E-state index contributed by atoms with van der Waals surface area (Å²) in [6.45, 7) is 11.2. The molecule has 118 valence electrons. The summed E-state index contributed by atoms with van der Waals surface area (Å²) in [7, 11) is 0. The van der Waals surface area contributed by atoms with E-state index in [-0.39, 0.29) is 17.6 Å². The Bertz CT molecular complexity index is 315. The Morgan fingerprint density at radius 3 is 2.20 bits per heavy atom. The summed E-state index contributed by atoms with van der Waals surface area (Å²) in [6.07, 6.45) is 5.75. The molecule has 20 heavy (non-hydrogen) atoms. The maximum atomic E-state index is 12.4. The fourth-order valence-corrected chi connectivity index (χ4v) is 2.87. The highest BCUT2D eigenvalue weighted by Crippen LogP contribution is 2.36. The molecule has 0 aromatic rings. The van der Waals surface area contributed by atoms with Crippen molar-refractivity contribution in [2.75, 3.05) is 13.1 Å². The molecule has 0 bridgehead atoms. The molecule has 2 N–H and O–H groups in total. The number of hydrogen-bond acceptors (Lipinski definition) is 3. The molecule has 0 aromatic heterocycles. The van der Waals surface area contributed by atoms with Gasteiger partial charge in [-0.25, -0.2) is 4.79 Å². The number of amides is 1. The number of hydrogen-bond donors (Lipinski definition) is 1. The van der Waals surface area contributed by atoms with Gasteiger partial charge in [-0.15, -0.1) is 0 Å². The van der Waals surface area contributed by atoms with Gasteiger partial charge in [0.05, 0.1) is 0 Å². The molecule has 1 amide bonds.